The molecule has 0 saturated carbocycles. The molecule has 1 fully saturated rings. The van der Waals surface area contributed by atoms with Gasteiger partial charge in [0.1, 0.15) is 11.4 Å². The summed E-state index contributed by atoms with van der Waals surface area (Å²) in [6.07, 6.45) is -2.10. The van der Waals surface area contributed by atoms with Gasteiger partial charge < -0.3 is 19.5 Å². The van der Waals surface area contributed by atoms with Crippen LogP contribution in [0.4, 0.5) is 19.0 Å². The van der Waals surface area contributed by atoms with Crippen LogP contribution in [0.5, 0.6) is 0 Å². The molecule has 2 aliphatic rings. The molecule has 2 atom stereocenters. The van der Waals surface area contributed by atoms with Gasteiger partial charge in [-0.25, -0.2) is 4.68 Å². The molecule has 1 saturated heterocycles. The number of piperazine rings is 1. The summed E-state index contributed by atoms with van der Waals surface area (Å²) in [5.74, 6) is -0.381. The van der Waals surface area contributed by atoms with E-state index in [0.29, 0.717) is 13.1 Å². The van der Waals surface area contributed by atoms with E-state index >= 15 is 0 Å². The van der Waals surface area contributed by atoms with Crippen LogP contribution in [0.15, 0.2) is 46.5 Å². The fraction of sp³-hybridized carbons (Fsp3) is 0.381. The van der Waals surface area contributed by atoms with Gasteiger partial charge in [-0.2, -0.15) is 18.3 Å². The normalized spacial score (nSPS) is 20.9. The van der Waals surface area contributed by atoms with Crippen molar-refractivity contribution in [2.75, 3.05) is 31.5 Å². The molecule has 0 radical (unpaired) electrons. The first kappa shape index (κ1) is 21.6. The number of halogens is 3. The lowest BCUT2D eigenvalue weighted by atomic mass is 10.0. The second-order valence-corrected chi connectivity index (χ2v) is 8.90. The van der Waals surface area contributed by atoms with Crippen LogP contribution in [0.3, 0.4) is 0 Å². The number of alkyl halides is 3. The average molecular weight is 479 g/mol. The molecule has 0 aromatic carbocycles. The highest BCUT2D eigenvalue weighted by Crippen LogP contribution is 2.45. The highest BCUT2D eigenvalue weighted by Gasteiger charge is 2.47. The van der Waals surface area contributed by atoms with E-state index in [0.717, 1.165) is 9.56 Å². The summed E-state index contributed by atoms with van der Waals surface area (Å²) in [5, 5.41) is 8.84. The lowest BCUT2D eigenvalue weighted by Crippen LogP contribution is -2.50. The third kappa shape index (κ3) is 3.99. The van der Waals surface area contributed by atoms with Crippen molar-refractivity contribution in [1.82, 2.24) is 19.6 Å². The van der Waals surface area contributed by atoms with Crippen molar-refractivity contribution in [3.05, 3.63) is 58.3 Å². The number of nitrogens with zero attached hydrogens (tertiary/aromatic N) is 4. The van der Waals surface area contributed by atoms with Gasteiger partial charge in [-0.3, -0.25) is 9.59 Å². The molecule has 2 amide bonds. The van der Waals surface area contributed by atoms with E-state index in [-0.39, 0.29) is 42.6 Å². The Bertz CT molecular complexity index is 1130. The number of carbonyl (C=O) groups is 2. The monoisotopic (exact) mass is 479 g/mol. The summed E-state index contributed by atoms with van der Waals surface area (Å²) in [6.45, 7) is 1.11. The number of aromatic nitrogens is 2. The van der Waals surface area contributed by atoms with Crippen molar-refractivity contribution in [1.29, 1.82) is 0 Å². The van der Waals surface area contributed by atoms with E-state index < -0.39 is 24.2 Å². The lowest BCUT2D eigenvalue weighted by Gasteiger charge is -2.35. The molecular formula is C21H20F3N5O3S. The van der Waals surface area contributed by atoms with Crippen LogP contribution in [0.2, 0.25) is 0 Å². The number of hydrogen-bond acceptors (Lipinski definition) is 6. The molecule has 3 aromatic heterocycles. The Morgan fingerprint density at radius 1 is 1.09 bits per heavy atom. The van der Waals surface area contributed by atoms with E-state index in [4.69, 9.17) is 4.42 Å². The summed E-state index contributed by atoms with van der Waals surface area (Å²) in [5.41, 5.74) is 0.0938. The van der Waals surface area contributed by atoms with Gasteiger partial charge in [-0.1, -0.05) is 6.07 Å². The van der Waals surface area contributed by atoms with Crippen molar-refractivity contribution in [2.45, 2.75) is 24.7 Å². The van der Waals surface area contributed by atoms with E-state index in [1.165, 1.54) is 28.7 Å². The van der Waals surface area contributed by atoms with E-state index in [2.05, 4.69) is 10.4 Å². The molecule has 174 valence electrons. The van der Waals surface area contributed by atoms with Crippen LogP contribution >= 0.6 is 11.3 Å². The number of thiophene rings is 1. The van der Waals surface area contributed by atoms with Crippen LogP contribution < -0.4 is 5.32 Å². The van der Waals surface area contributed by atoms with Crippen molar-refractivity contribution in [3.8, 4) is 0 Å². The molecule has 12 heteroatoms. The van der Waals surface area contributed by atoms with Crippen LogP contribution in [0, 0.1) is 0 Å². The molecule has 5 rings (SSSR count). The first-order valence-electron chi connectivity index (χ1n) is 10.4. The topological polar surface area (TPSA) is 83.6 Å². The minimum atomic E-state index is -4.50. The first-order valence-corrected chi connectivity index (χ1v) is 11.3. The molecule has 5 heterocycles. The zero-order valence-electron chi connectivity index (χ0n) is 17.3. The zero-order chi connectivity index (χ0) is 23.2. The Morgan fingerprint density at radius 3 is 2.42 bits per heavy atom. The van der Waals surface area contributed by atoms with Crippen molar-refractivity contribution in [3.63, 3.8) is 0 Å². The number of rotatable bonds is 3. The second-order valence-electron chi connectivity index (χ2n) is 7.92. The molecule has 0 aliphatic carbocycles. The van der Waals surface area contributed by atoms with Crippen molar-refractivity contribution < 1.29 is 27.2 Å². The predicted molar refractivity (Wildman–Crippen MR) is 113 cm³/mol. The summed E-state index contributed by atoms with van der Waals surface area (Å²) in [4.78, 5) is 29.5. The zero-order valence-corrected chi connectivity index (χ0v) is 18.1. The predicted octanol–water partition coefficient (Wildman–Crippen LogP) is 3.80. The maximum absolute atomic E-state index is 13.8. The molecule has 0 unspecified atom stereocenters. The van der Waals surface area contributed by atoms with Gasteiger partial charge in [-0.05, 0) is 23.6 Å². The smallest absolute Gasteiger partial charge is 0.410 e. The summed E-state index contributed by atoms with van der Waals surface area (Å²) >= 11 is 1.36. The van der Waals surface area contributed by atoms with Crippen molar-refractivity contribution in [2.24, 2.45) is 0 Å². The Morgan fingerprint density at radius 2 is 1.82 bits per heavy atom. The Hall–Kier alpha value is -3.28. The first-order chi connectivity index (χ1) is 15.8. The molecule has 0 bridgehead atoms. The molecular weight excluding hydrogens is 459 g/mol. The molecule has 3 aromatic rings. The number of fused-ring (bicyclic) bond motifs is 1. The fourth-order valence-corrected chi connectivity index (χ4v) is 5.02. The SMILES string of the molecule is O=C(c1ccco1)N1CCN(C(=O)c2cnn3c2N[C@@H](c2cccs2)C[C@H]3C(F)(F)F)CC1. The maximum Gasteiger partial charge on any atom is 0.410 e. The third-order valence-corrected chi connectivity index (χ3v) is 6.93. The van der Waals surface area contributed by atoms with E-state index in [1.54, 1.807) is 34.5 Å². The van der Waals surface area contributed by atoms with Gasteiger partial charge in [-0.15, -0.1) is 11.3 Å². The van der Waals surface area contributed by atoms with Crippen LogP contribution in [-0.2, 0) is 0 Å². The van der Waals surface area contributed by atoms with Gasteiger partial charge in [0, 0.05) is 37.5 Å². The molecule has 2 aliphatic heterocycles. The standard InChI is InChI=1S/C21H20F3N5O3S/c22-21(23,24)17-11-14(16-4-2-10-33-16)26-18-13(12-25-29(17)18)19(30)27-5-7-28(8-6-27)20(31)15-3-1-9-32-15/h1-4,9-10,12,14,17,26H,5-8,11H2/t14-,17+/m1/s1. The van der Waals surface area contributed by atoms with Gasteiger partial charge >= 0.3 is 6.18 Å². The Kier molecular flexibility index (Phi) is 5.39. The highest BCUT2D eigenvalue weighted by atomic mass is 32.1. The van der Waals surface area contributed by atoms with Gasteiger partial charge in [0.15, 0.2) is 11.8 Å². The Labute approximate surface area is 190 Å². The highest BCUT2D eigenvalue weighted by molar-refractivity contribution is 7.10. The van der Waals surface area contributed by atoms with Crippen LogP contribution in [0.1, 0.15) is 44.3 Å². The number of furan rings is 1. The largest absolute Gasteiger partial charge is 0.459 e. The number of anilines is 1. The Balaban J connectivity index is 1.35. The molecule has 33 heavy (non-hydrogen) atoms. The second kappa shape index (κ2) is 8.25. The van der Waals surface area contributed by atoms with Crippen molar-refractivity contribution >= 4 is 29.0 Å². The van der Waals surface area contributed by atoms with E-state index in [1.807, 2.05) is 0 Å². The third-order valence-electron chi connectivity index (χ3n) is 5.94. The number of carbonyl (C=O) groups excluding carboxylic acids is 2. The minimum absolute atomic E-state index is 0.0704. The lowest BCUT2D eigenvalue weighted by molar-refractivity contribution is -0.173. The molecule has 1 N–H and O–H groups in total. The maximum atomic E-state index is 13.8. The number of amides is 2. The summed E-state index contributed by atoms with van der Waals surface area (Å²) in [6, 6.07) is 4.36. The number of nitrogens with one attached hydrogen (secondary N) is 1. The summed E-state index contributed by atoms with van der Waals surface area (Å²) < 4.78 is 47.4. The van der Waals surface area contributed by atoms with Crippen LogP contribution in [0.25, 0.3) is 0 Å². The average Bonchev–Trinajstić information content (AvgIpc) is 3.58. The number of hydrogen-bond donors (Lipinski definition) is 1. The fourth-order valence-electron chi connectivity index (χ4n) is 4.23. The van der Waals surface area contributed by atoms with E-state index in [9.17, 15) is 22.8 Å². The molecule has 8 nitrogen and oxygen atoms in total. The quantitative estimate of drug-likeness (QED) is 0.618. The molecule has 0 spiro atoms. The van der Waals surface area contributed by atoms with Gasteiger partial charge in [0.05, 0.1) is 18.5 Å². The van der Waals surface area contributed by atoms with Gasteiger partial charge in [0.25, 0.3) is 11.8 Å². The van der Waals surface area contributed by atoms with Gasteiger partial charge in [0.2, 0.25) is 0 Å². The minimum Gasteiger partial charge on any atom is -0.459 e. The summed E-state index contributed by atoms with van der Waals surface area (Å²) in [7, 11) is 0. The van der Waals surface area contributed by atoms with Crippen LogP contribution in [-0.4, -0.2) is 63.7 Å².